The van der Waals surface area contributed by atoms with E-state index in [9.17, 15) is 24.3 Å². The van der Waals surface area contributed by atoms with Gasteiger partial charge in [-0.1, -0.05) is 90.1 Å². The summed E-state index contributed by atoms with van der Waals surface area (Å²) in [6, 6.07) is 19.3. The van der Waals surface area contributed by atoms with E-state index < -0.39 is 24.3 Å². The van der Waals surface area contributed by atoms with Gasteiger partial charge in [0.25, 0.3) is 0 Å². The first-order valence-corrected chi connectivity index (χ1v) is 21.7. The fourth-order valence-electron chi connectivity index (χ4n) is 10.4. The number of carbonyl (C=O) groups excluding carboxylic acids is 3. The van der Waals surface area contributed by atoms with Gasteiger partial charge in [-0.2, -0.15) is 0 Å². The standard InChI is InChI=1S/C48H56N8O6/c1-25(2)39(53-45(59)62-8)43(57)55-35(19-47(5)21-37(47)55)41-50-24-34(52-41)32-16-15-30-17-29(13-14-31(30)18-32)27-9-11-28(12-10-27)33-23-49-42(51-33)36-20-48(6)22-38(48)56(36)44(58)40(26(3)4)54(7)46(60)61/h9-18,23-26,35-40H,19-22H2,1-8H3,(H,49,51)(H,50,52)(H,53,59)(H,60,61)/t35-,36-,37+,38+,39-,40-,47-,48-/m0/s1. The number of methoxy groups -OCH3 is 1. The van der Waals surface area contributed by atoms with Crippen molar-refractivity contribution in [3.63, 3.8) is 0 Å². The zero-order valence-electron chi connectivity index (χ0n) is 36.6. The number of likely N-dealkylation sites (N-methyl/N-ethyl adjacent to an activating group) is 1. The second-order valence-electron chi connectivity index (χ2n) is 19.3. The topological polar surface area (TPSA) is 177 Å². The first-order valence-electron chi connectivity index (χ1n) is 21.7. The highest BCUT2D eigenvalue weighted by molar-refractivity contribution is 5.91. The van der Waals surface area contributed by atoms with Gasteiger partial charge < -0.3 is 34.9 Å². The van der Waals surface area contributed by atoms with Gasteiger partial charge in [-0.15, -0.1) is 0 Å². The highest BCUT2D eigenvalue weighted by Crippen LogP contribution is 2.64. The zero-order chi connectivity index (χ0) is 44.0. The summed E-state index contributed by atoms with van der Waals surface area (Å²) in [6.45, 7) is 12.0. The number of nitrogens with one attached hydrogen (secondary N) is 3. The summed E-state index contributed by atoms with van der Waals surface area (Å²) in [7, 11) is 2.78. The number of nitrogens with zero attached hydrogens (tertiary/aromatic N) is 5. The number of rotatable bonds is 11. The number of ether oxygens (including phenoxy) is 1. The second-order valence-corrected chi connectivity index (χ2v) is 19.3. The number of benzene rings is 3. The fraction of sp³-hybridized carbons (Fsp3) is 0.458. The molecule has 4 fully saturated rings. The largest absolute Gasteiger partial charge is 0.465 e. The molecule has 0 spiro atoms. The lowest BCUT2D eigenvalue weighted by Crippen LogP contribution is -2.52. The summed E-state index contributed by atoms with van der Waals surface area (Å²) in [6.07, 6.45) is 5.50. The van der Waals surface area contributed by atoms with Crippen LogP contribution in [0, 0.1) is 22.7 Å². The number of aromatic nitrogens is 4. The molecule has 4 aliphatic rings. The van der Waals surface area contributed by atoms with Crippen molar-refractivity contribution < 1.29 is 29.0 Å². The van der Waals surface area contributed by atoms with Crippen molar-refractivity contribution in [3.8, 4) is 33.6 Å². The van der Waals surface area contributed by atoms with Crippen LogP contribution in [0.15, 0.2) is 73.1 Å². The maximum absolute atomic E-state index is 14.0. The van der Waals surface area contributed by atoms with E-state index in [1.165, 1.54) is 14.2 Å². The molecule has 324 valence electrons. The van der Waals surface area contributed by atoms with E-state index in [0.717, 1.165) is 86.6 Å². The molecule has 14 nitrogen and oxygen atoms in total. The molecule has 2 saturated carbocycles. The van der Waals surface area contributed by atoms with Gasteiger partial charge in [0.1, 0.15) is 23.7 Å². The Labute approximate surface area is 361 Å². The molecule has 9 rings (SSSR count). The van der Waals surface area contributed by atoms with E-state index in [4.69, 9.17) is 14.7 Å². The van der Waals surface area contributed by atoms with E-state index in [1.54, 1.807) is 0 Å². The summed E-state index contributed by atoms with van der Waals surface area (Å²) in [5.74, 6) is 0.904. The maximum Gasteiger partial charge on any atom is 0.407 e. The summed E-state index contributed by atoms with van der Waals surface area (Å²) in [5, 5.41) is 14.7. The fourth-order valence-corrected chi connectivity index (χ4v) is 10.4. The van der Waals surface area contributed by atoms with Gasteiger partial charge in [-0.05, 0) is 82.4 Å². The molecule has 2 aromatic heterocycles. The molecule has 4 amide bonds. The van der Waals surface area contributed by atoms with E-state index in [-0.39, 0.29) is 58.6 Å². The Kier molecular flexibility index (Phi) is 9.98. The van der Waals surface area contributed by atoms with E-state index in [0.29, 0.717) is 0 Å². The first-order chi connectivity index (χ1) is 29.5. The predicted octanol–water partition coefficient (Wildman–Crippen LogP) is 8.41. The summed E-state index contributed by atoms with van der Waals surface area (Å²) >= 11 is 0. The highest BCUT2D eigenvalue weighted by Gasteiger charge is 2.65. The minimum Gasteiger partial charge on any atom is -0.465 e. The lowest BCUT2D eigenvalue weighted by Gasteiger charge is -2.35. The van der Waals surface area contributed by atoms with E-state index in [1.807, 2.05) is 49.9 Å². The molecule has 0 radical (unpaired) electrons. The molecule has 8 atom stereocenters. The second kappa shape index (κ2) is 15.0. The summed E-state index contributed by atoms with van der Waals surface area (Å²) in [4.78, 5) is 73.8. The molecule has 0 bridgehead atoms. The van der Waals surface area contributed by atoms with E-state index >= 15 is 0 Å². The van der Waals surface area contributed by atoms with E-state index in [2.05, 4.69) is 89.8 Å². The normalized spacial score (nSPS) is 25.7. The minimum absolute atomic E-state index is 0.00654. The molecule has 14 heteroatoms. The smallest absolute Gasteiger partial charge is 0.407 e. The monoisotopic (exact) mass is 840 g/mol. The average Bonchev–Trinajstić information content (AvgIpc) is 3.68. The third-order valence-electron chi connectivity index (χ3n) is 14.3. The molecular weight excluding hydrogens is 785 g/mol. The van der Waals surface area contributed by atoms with Gasteiger partial charge in [0.2, 0.25) is 11.8 Å². The average molecular weight is 841 g/mol. The number of aromatic amines is 2. The van der Waals surface area contributed by atoms with Gasteiger partial charge in [0.15, 0.2) is 0 Å². The van der Waals surface area contributed by atoms with Crippen molar-refractivity contribution >= 4 is 34.8 Å². The van der Waals surface area contributed by atoms with Crippen LogP contribution in [0.25, 0.3) is 44.4 Å². The maximum atomic E-state index is 14.0. The van der Waals surface area contributed by atoms with Crippen molar-refractivity contribution in [1.82, 2.24) is 40.0 Å². The van der Waals surface area contributed by atoms with Crippen molar-refractivity contribution in [2.45, 2.75) is 103 Å². The highest BCUT2D eigenvalue weighted by atomic mass is 16.5. The first kappa shape index (κ1) is 41.2. The predicted molar refractivity (Wildman–Crippen MR) is 235 cm³/mol. The van der Waals surface area contributed by atoms with Crippen LogP contribution >= 0.6 is 0 Å². The number of H-pyrrole nitrogens is 2. The molecule has 5 aromatic rings. The number of alkyl carbamates (subject to hydrolysis) is 1. The molecule has 0 unspecified atom stereocenters. The Morgan fingerprint density at radius 3 is 1.73 bits per heavy atom. The SMILES string of the molecule is COC(=O)N[C@H](C(=O)N1[C@H](c2nc(-c3ccc4cc(-c5ccc(-c6c[nH]c([C@@H]7C[C@@]8(C)C[C@H]8N7C(=O)[C@H](C(C)C)N(C)C(=O)O)n6)cc5)ccc4c3)c[nH]2)C[C@@]2(C)C[C@@H]12)C(C)C. The van der Waals surface area contributed by atoms with Crippen LogP contribution in [-0.2, 0) is 14.3 Å². The summed E-state index contributed by atoms with van der Waals surface area (Å²) < 4.78 is 4.83. The van der Waals surface area contributed by atoms with Crippen LogP contribution in [0.5, 0.6) is 0 Å². The van der Waals surface area contributed by atoms with Crippen molar-refractivity contribution in [1.29, 1.82) is 0 Å². The number of piperidine rings is 2. The van der Waals surface area contributed by atoms with Gasteiger partial charge >= 0.3 is 12.2 Å². The Morgan fingerprint density at radius 2 is 1.21 bits per heavy atom. The Bertz CT molecular complexity index is 2580. The molecule has 2 aliphatic heterocycles. The number of carboxylic acid groups (broad SMARTS) is 1. The van der Waals surface area contributed by atoms with Gasteiger partial charge in [-0.25, -0.2) is 19.6 Å². The van der Waals surface area contributed by atoms with Gasteiger partial charge in [0, 0.05) is 42.7 Å². The van der Waals surface area contributed by atoms with Crippen molar-refractivity contribution in [3.05, 3.63) is 84.7 Å². The molecule has 2 aliphatic carbocycles. The van der Waals surface area contributed by atoms with Crippen LogP contribution in [0.4, 0.5) is 9.59 Å². The number of likely N-dealkylation sites (tertiary alicyclic amines) is 2. The quantitative estimate of drug-likeness (QED) is 0.102. The van der Waals surface area contributed by atoms with Gasteiger partial charge in [0.05, 0.1) is 30.6 Å². The number of hydrogen-bond acceptors (Lipinski definition) is 7. The number of carbonyl (C=O) groups is 4. The molecular formula is C48H56N8O6. The molecule has 4 heterocycles. The molecule has 3 aromatic carbocycles. The number of hydrogen-bond donors (Lipinski definition) is 4. The zero-order valence-corrected chi connectivity index (χ0v) is 36.6. The molecule has 2 saturated heterocycles. The third-order valence-corrected chi connectivity index (χ3v) is 14.3. The lowest BCUT2D eigenvalue weighted by molar-refractivity contribution is -0.140. The Balaban J connectivity index is 0.897. The molecule has 4 N–H and O–H groups in total. The third kappa shape index (κ3) is 7.06. The van der Waals surface area contributed by atoms with Crippen LogP contribution < -0.4 is 5.32 Å². The van der Waals surface area contributed by atoms with Crippen molar-refractivity contribution in [2.24, 2.45) is 22.7 Å². The Hall–Kier alpha value is -6.18. The van der Waals surface area contributed by atoms with Crippen LogP contribution in [0.3, 0.4) is 0 Å². The van der Waals surface area contributed by atoms with Crippen LogP contribution in [0.1, 0.15) is 91.0 Å². The van der Waals surface area contributed by atoms with Crippen LogP contribution in [0.2, 0.25) is 0 Å². The lowest BCUT2D eigenvalue weighted by atomic mass is 9.98. The number of fused-ring (bicyclic) bond motifs is 3. The van der Waals surface area contributed by atoms with Gasteiger partial charge in [-0.3, -0.25) is 14.5 Å². The number of amides is 4. The summed E-state index contributed by atoms with van der Waals surface area (Å²) in [5.41, 5.74) is 5.70. The van der Waals surface area contributed by atoms with Crippen LogP contribution in [-0.4, -0.2) is 102 Å². The number of imidazole rings is 2. The van der Waals surface area contributed by atoms with Crippen molar-refractivity contribution in [2.75, 3.05) is 14.2 Å². The molecule has 62 heavy (non-hydrogen) atoms. The Morgan fingerprint density at radius 1 is 0.726 bits per heavy atom. The minimum atomic E-state index is -1.11.